The summed E-state index contributed by atoms with van der Waals surface area (Å²) >= 11 is 6.00. The molecular formula is C31H31ClN4O4. The lowest BCUT2D eigenvalue weighted by atomic mass is 9.95. The molecule has 0 unspecified atom stereocenters. The molecule has 4 rings (SSSR count). The van der Waals surface area contributed by atoms with Crippen molar-refractivity contribution in [3.05, 3.63) is 100 Å². The van der Waals surface area contributed by atoms with Gasteiger partial charge in [-0.2, -0.15) is 0 Å². The second-order valence-electron chi connectivity index (χ2n) is 10.6. The number of phenols is 2. The molecule has 0 fully saturated rings. The minimum absolute atomic E-state index is 0.0371. The van der Waals surface area contributed by atoms with E-state index in [1.165, 1.54) is 12.1 Å². The molecule has 0 atom stereocenters. The maximum Gasteiger partial charge on any atom is 0.262 e. The maximum atomic E-state index is 13.7. The van der Waals surface area contributed by atoms with Crippen molar-refractivity contribution in [1.29, 1.82) is 0 Å². The van der Waals surface area contributed by atoms with Gasteiger partial charge in [0.2, 0.25) is 11.2 Å². The minimum Gasteiger partial charge on any atom is -0.508 e. The third-order valence-corrected chi connectivity index (χ3v) is 6.53. The van der Waals surface area contributed by atoms with Gasteiger partial charge < -0.3 is 20.4 Å². The molecule has 8 nitrogen and oxygen atoms in total. The Morgan fingerprint density at radius 2 is 1.60 bits per heavy atom. The third-order valence-electron chi connectivity index (χ3n) is 6.35. The highest BCUT2D eigenvalue weighted by Gasteiger charge is 2.23. The zero-order valence-corrected chi connectivity index (χ0v) is 23.5. The van der Waals surface area contributed by atoms with E-state index in [2.05, 4.69) is 15.3 Å². The third kappa shape index (κ3) is 6.76. The van der Waals surface area contributed by atoms with Gasteiger partial charge in [0.15, 0.2) is 0 Å². The Morgan fingerprint density at radius 1 is 0.950 bits per heavy atom. The summed E-state index contributed by atoms with van der Waals surface area (Å²) in [6.45, 7) is 8.08. The number of benzene rings is 3. The molecule has 1 aromatic heterocycles. The molecule has 0 radical (unpaired) electrons. The number of nitrogens with one attached hydrogen (secondary N) is 1. The smallest absolute Gasteiger partial charge is 0.262 e. The topological polar surface area (TPSA) is 116 Å². The monoisotopic (exact) mass is 558 g/mol. The van der Waals surface area contributed by atoms with E-state index in [-0.39, 0.29) is 34.8 Å². The molecule has 0 saturated heterocycles. The van der Waals surface area contributed by atoms with Crippen LogP contribution in [0, 0.1) is 12.3 Å². The molecule has 40 heavy (non-hydrogen) atoms. The molecule has 0 aliphatic carbocycles. The summed E-state index contributed by atoms with van der Waals surface area (Å²) in [5.41, 5.74) is 4.31. The van der Waals surface area contributed by atoms with E-state index in [1.54, 1.807) is 23.2 Å². The van der Waals surface area contributed by atoms with Crippen LogP contribution in [0.4, 0.5) is 5.69 Å². The van der Waals surface area contributed by atoms with Gasteiger partial charge in [0, 0.05) is 35.5 Å². The molecule has 0 aliphatic heterocycles. The summed E-state index contributed by atoms with van der Waals surface area (Å²) in [5.74, 6) is -0.932. The fraction of sp³-hybridized carbons (Fsp3) is 0.226. The average Bonchev–Trinajstić information content (AvgIpc) is 2.91. The molecule has 0 saturated carbocycles. The Morgan fingerprint density at radius 3 is 2.23 bits per heavy atom. The Hall–Kier alpha value is -4.43. The van der Waals surface area contributed by atoms with Crippen LogP contribution in [0.25, 0.3) is 11.3 Å². The second-order valence-corrected chi connectivity index (χ2v) is 10.9. The molecular weight excluding hydrogens is 528 g/mol. The normalized spacial score (nSPS) is 11.2. The Bertz CT molecular complexity index is 1530. The average molecular weight is 559 g/mol. The van der Waals surface area contributed by atoms with E-state index in [0.29, 0.717) is 17.9 Å². The molecule has 1 heterocycles. The van der Waals surface area contributed by atoms with Crippen LogP contribution < -0.4 is 10.2 Å². The fourth-order valence-corrected chi connectivity index (χ4v) is 4.16. The zero-order chi connectivity index (χ0) is 29.0. The first-order valence-corrected chi connectivity index (χ1v) is 13.1. The molecule has 206 valence electrons. The maximum absolute atomic E-state index is 13.7. The first kappa shape index (κ1) is 28.6. The Labute approximate surface area is 238 Å². The zero-order valence-electron chi connectivity index (χ0n) is 22.8. The van der Waals surface area contributed by atoms with Gasteiger partial charge in [-0.1, -0.05) is 57.2 Å². The first-order valence-electron chi connectivity index (χ1n) is 12.7. The van der Waals surface area contributed by atoms with Gasteiger partial charge in [0.1, 0.15) is 11.5 Å². The number of nitrogens with zero attached hydrogens (tertiary/aromatic N) is 3. The van der Waals surface area contributed by atoms with E-state index in [9.17, 15) is 19.8 Å². The Kier molecular flexibility index (Phi) is 8.40. The van der Waals surface area contributed by atoms with E-state index in [4.69, 9.17) is 11.6 Å². The molecule has 0 aliphatic rings. The quantitative estimate of drug-likeness (QED) is 0.239. The van der Waals surface area contributed by atoms with Crippen molar-refractivity contribution < 1.29 is 19.8 Å². The number of halogens is 1. The number of amides is 2. The molecule has 3 aromatic carbocycles. The van der Waals surface area contributed by atoms with Gasteiger partial charge in [-0.3, -0.25) is 9.59 Å². The number of aromatic nitrogens is 2. The van der Waals surface area contributed by atoms with Crippen LogP contribution in [0.2, 0.25) is 5.28 Å². The number of hydrogen-bond acceptors (Lipinski definition) is 6. The first-order chi connectivity index (χ1) is 18.9. The highest BCUT2D eigenvalue weighted by Crippen LogP contribution is 2.30. The van der Waals surface area contributed by atoms with Crippen LogP contribution in [-0.2, 0) is 17.9 Å². The van der Waals surface area contributed by atoms with Gasteiger partial charge >= 0.3 is 0 Å². The van der Waals surface area contributed by atoms with E-state index in [1.807, 2.05) is 64.1 Å². The van der Waals surface area contributed by atoms with Crippen LogP contribution in [0.5, 0.6) is 11.5 Å². The van der Waals surface area contributed by atoms with E-state index < -0.39 is 11.3 Å². The summed E-state index contributed by atoms with van der Waals surface area (Å²) < 4.78 is 0. The van der Waals surface area contributed by atoms with Crippen LogP contribution >= 0.6 is 11.6 Å². The molecule has 9 heteroatoms. The van der Waals surface area contributed by atoms with Crippen LogP contribution in [-0.4, -0.2) is 32.0 Å². The predicted molar refractivity (Wildman–Crippen MR) is 155 cm³/mol. The van der Waals surface area contributed by atoms with Crippen molar-refractivity contribution in [2.75, 3.05) is 4.90 Å². The summed E-state index contributed by atoms with van der Waals surface area (Å²) in [6, 6.07) is 18.8. The number of aromatic hydroxyl groups is 2. The highest BCUT2D eigenvalue weighted by molar-refractivity contribution is 6.28. The van der Waals surface area contributed by atoms with Gasteiger partial charge in [-0.05, 0) is 59.5 Å². The van der Waals surface area contributed by atoms with Crippen molar-refractivity contribution in [1.82, 2.24) is 15.3 Å². The number of phenolic OH excluding ortho intramolecular Hbond substituents is 2. The van der Waals surface area contributed by atoms with E-state index >= 15 is 0 Å². The fourth-order valence-electron chi connectivity index (χ4n) is 4.03. The van der Waals surface area contributed by atoms with Crippen molar-refractivity contribution in [2.45, 2.75) is 40.8 Å². The molecule has 0 spiro atoms. The molecule has 3 N–H and O–H groups in total. The van der Waals surface area contributed by atoms with Gasteiger partial charge in [0.25, 0.3) is 5.91 Å². The van der Waals surface area contributed by atoms with Gasteiger partial charge in [-0.15, -0.1) is 0 Å². The summed E-state index contributed by atoms with van der Waals surface area (Å²) in [4.78, 5) is 35.8. The van der Waals surface area contributed by atoms with Crippen molar-refractivity contribution in [3.63, 3.8) is 0 Å². The summed E-state index contributed by atoms with van der Waals surface area (Å²) in [6.07, 6.45) is 1.65. The number of hydrogen-bond donors (Lipinski definition) is 3. The lowest BCUT2D eigenvalue weighted by molar-refractivity contribution is -0.128. The lowest BCUT2D eigenvalue weighted by Crippen LogP contribution is -2.34. The molecule has 0 bridgehead atoms. The lowest BCUT2D eigenvalue weighted by Gasteiger charge is -2.24. The number of carbonyl (C=O) groups is 2. The van der Waals surface area contributed by atoms with Crippen LogP contribution in [0.15, 0.2) is 72.9 Å². The van der Waals surface area contributed by atoms with Crippen molar-refractivity contribution in [3.8, 4) is 22.8 Å². The van der Waals surface area contributed by atoms with E-state index in [0.717, 1.165) is 28.3 Å². The Balaban J connectivity index is 1.62. The predicted octanol–water partition coefficient (Wildman–Crippen LogP) is 6.03. The number of aryl methyl sites for hydroxylation is 1. The number of carbonyl (C=O) groups excluding carboxylic acids is 2. The number of rotatable bonds is 7. The molecule has 4 aromatic rings. The van der Waals surface area contributed by atoms with Gasteiger partial charge in [0.05, 0.1) is 17.8 Å². The van der Waals surface area contributed by atoms with Crippen LogP contribution in [0.1, 0.15) is 47.8 Å². The van der Waals surface area contributed by atoms with Crippen molar-refractivity contribution in [2.24, 2.45) is 5.41 Å². The minimum atomic E-state index is -0.478. The summed E-state index contributed by atoms with van der Waals surface area (Å²) in [7, 11) is 0. The number of anilines is 1. The highest BCUT2D eigenvalue weighted by atomic mass is 35.5. The van der Waals surface area contributed by atoms with Crippen LogP contribution in [0.3, 0.4) is 0 Å². The van der Waals surface area contributed by atoms with Gasteiger partial charge in [-0.25, -0.2) is 9.97 Å². The molecule has 2 amide bonds. The van der Waals surface area contributed by atoms with Crippen molar-refractivity contribution >= 4 is 29.1 Å². The standard InChI is InChI=1S/C31H31ClN4O4/c1-19-16-34-30(32)35-27(19)22-9-11-23(12-10-22)36(28(39)25-14-13-24(37)15-26(25)38)18-21-7-5-20(6-8-21)17-33-29(40)31(2,3)4/h5-16,37-38H,17-18H2,1-4H3,(H,33,40). The SMILES string of the molecule is Cc1cnc(Cl)nc1-c1ccc(N(Cc2ccc(CNC(=O)C(C)(C)C)cc2)C(=O)c2ccc(O)cc2O)cc1. The summed E-state index contributed by atoms with van der Waals surface area (Å²) in [5, 5.41) is 23.2. The second kappa shape index (κ2) is 11.8. The largest absolute Gasteiger partial charge is 0.508 e.